The summed E-state index contributed by atoms with van der Waals surface area (Å²) in [6.45, 7) is -0.188. The first-order chi connectivity index (χ1) is 14.0. The summed E-state index contributed by atoms with van der Waals surface area (Å²) in [6.07, 6.45) is 0. The first kappa shape index (κ1) is 19.9. The molecule has 2 amide bonds. The maximum absolute atomic E-state index is 13.2. The summed E-state index contributed by atoms with van der Waals surface area (Å²) >= 11 is 0. The van der Waals surface area contributed by atoms with Gasteiger partial charge in [0.05, 0.1) is 7.11 Å². The number of methoxy groups -OCH3 is 1. The van der Waals surface area contributed by atoms with Gasteiger partial charge in [-0.2, -0.15) is 0 Å². The molecule has 0 aliphatic rings. The number of halogens is 1. The number of amides is 2. The van der Waals surface area contributed by atoms with Crippen molar-refractivity contribution in [1.29, 1.82) is 0 Å². The minimum absolute atomic E-state index is 0.188. The zero-order valence-corrected chi connectivity index (χ0v) is 15.6. The molecule has 3 aromatic rings. The van der Waals surface area contributed by atoms with Gasteiger partial charge in [-0.1, -0.05) is 12.1 Å². The smallest absolute Gasteiger partial charge is 0.262 e. The highest BCUT2D eigenvalue weighted by Gasteiger charge is 2.08. The van der Waals surface area contributed by atoms with Gasteiger partial charge in [-0.15, -0.1) is 0 Å². The second-order valence-corrected chi connectivity index (χ2v) is 6.06. The number of carbonyl (C=O) groups is 2. The van der Waals surface area contributed by atoms with Crippen molar-refractivity contribution in [2.45, 2.75) is 0 Å². The number of hydrogen-bond acceptors (Lipinski definition) is 4. The normalized spacial score (nSPS) is 10.1. The predicted molar refractivity (Wildman–Crippen MR) is 108 cm³/mol. The Balaban J connectivity index is 1.52. The van der Waals surface area contributed by atoms with E-state index in [4.69, 9.17) is 9.47 Å². The van der Waals surface area contributed by atoms with Crippen molar-refractivity contribution in [3.63, 3.8) is 0 Å². The average molecular weight is 394 g/mol. The van der Waals surface area contributed by atoms with Crippen LogP contribution < -0.4 is 20.1 Å². The molecule has 0 atom stereocenters. The van der Waals surface area contributed by atoms with Crippen molar-refractivity contribution < 1.29 is 23.5 Å². The Morgan fingerprint density at radius 1 is 0.862 bits per heavy atom. The molecule has 0 saturated carbocycles. The summed E-state index contributed by atoms with van der Waals surface area (Å²) in [6, 6.07) is 18.9. The molecule has 2 N–H and O–H groups in total. The molecule has 0 saturated heterocycles. The second-order valence-electron chi connectivity index (χ2n) is 6.06. The zero-order valence-electron chi connectivity index (χ0n) is 15.6. The van der Waals surface area contributed by atoms with Crippen molar-refractivity contribution in [2.24, 2.45) is 0 Å². The average Bonchev–Trinajstić information content (AvgIpc) is 2.73. The third-order valence-corrected chi connectivity index (χ3v) is 3.92. The Morgan fingerprint density at radius 2 is 1.55 bits per heavy atom. The van der Waals surface area contributed by atoms with Gasteiger partial charge in [0.2, 0.25) is 0 Å². The maximum atomic E-state index is 13.2. The summed E-state index contributed by atoms with van der Waals surface area (Å²) in [5.41, 5.74) is 1.34. The monoisotopic (exact) mass is 394 g/mol. The summed E-state index contributed by atoms with van der Waals surface area (Å²) < 4.78 is 23.7. The van der Waals surface area contributed by atoms with E-state index in [9.17, 15) is 14.0 Å². The van der Waals surface area contributed by atoms with Crippen LogP contribution in [0, 0.1) is 5.82 Å². The highest BCUT2D eigenvalue weighted by atomic mass is 19.1. The van der Waals surface area contributed by atoms with E-state index in [2.05, 4.69) is 10.6 Å². The molecule has 0 aliphatic heterocycles. The highest BCUT2D eigenvalue weighted by Crippen LogP contribution is 2.17. The van der Waals surface area contributed by atoms with Crippen LogP contribution in [0.1, 0.15) is 10.4 Å². The van der Waals surface area contributed by atoms with E-state index in [1.165, 1.54) is 18.2 Å². The second kappa shape index (κ2) is 9.36. The van der Waals surface area contributed by atoms with Crippen LogP contribution in [-0.2, 0) is 4.79 Å². The fourth-order valence-corrected chi connectivity index (χ4v) is 2.52. The summed E-state index contributed by atoms with van der Waals surface area (Å²) in [4.78, 5) is 24.2. The van der Waals surface area contributed by atoms with E-state index < -0.39 is 5.82 Å². The Kier molecular flexibility index (Phi) is 6.42. The van der Waals surface area contributed by atoms with Crippen LogP contribution in [0.3, 0.4) is 0 Å². The molecule has 3 rings (SSSR count). The molecule has 148 valence electrons. The predicted octanol–water partition coefficient (Wildman–Crippen LogP) is 4.10. The van der Waals surface area contributed by atoms with Crippen LogP contribution >= 0.6 is 0 Å². The Hall–Kier alpha value is -3.87. The number of anilines is 2. The molecule has 3 aromatic carbocycles. The number of benzene rings is 3. The molecular formula is C22H19FN2O4. The molecule has 0 heterocycles. The number of carbonyl (C=O) groups excluding carboxylic acids is 2. The minimum atomic E-state index is -0.432. The van der Waals surface area contributed by atoms with Gasteiger partial charge in [0.1, 0.15) is 17.3 Å². The Morgan fingerprint density at radius 3 is 2.24 bits per heavy atom. The third kappa shape index (κ3) is 5.80. The molecular weight excluding hydrogens is 375 g/mol. The van der Waals surface area contributed by atoms with Crippen molar-refractivity contribution in [3.8, 4) is 11.5 Å². The molecule has 0 spiro atoms. The first-order valence-corrected chi connectivity index (χ1v) is 8.77. The van der Waals surface area contributed by atoms with Gasteiger partial charge in [-0.25, -0.2) is 4.39 Å². The molecule has 0 unspecified atom stereocenters. The van der Waals surface area contributed by atoms with Gasteiger partial charge < -0.3 is 20.1 Å². The van der Waals surface area contributed by atoms with Crippen LogP contribution in [-0.4, -0.2) is 25.5 Å². The van der Waals surface area contributed by atoms with E-state index in [0.29, 0.717) is 28.4 Å². The molecule has 0 bridgehead atoms. The minimum Gasteiger partial charge on any atom is -0.497 e. The summed E-state index contributed by atoms with van der Waals surface area (Å²) in [5.74, 6) is -0.0632. The fourth-order valence-electron chi connectivity index (χ4n) is 2.52. The largest absolute Gasteiger partial charge is 0.497 e. The van der Waals surface area contributed by atoms with Gasteiger partial charge in [-0.3, -0.25) is 9.59 Å². The lowest BCUT2D eigenvalue weighted by Crippen LogP contribution is -2.20. The quantitative estimate of drug-likeness (QED) is 0.632. The number of nitrogens with one attached hydrogen (secondary N) is 2. The SMILES string of the molecule is COc1cccc(NC(=O)COc2ccc(C(=O)Nc3cccc(F)c3)cc2)c1. The van der Waals surface area contributed by atoms with Crippen molar-refractivity contribution in [3.05, 3.63) is 84.2 Å². The maximum Gasteiger partial charge on any atom is 0.262 e. The first-order valence-electron chi connectivity index (χ1n) is 8.77. The molecule has 6 nitrogen and oxygen atoms in total. The highest BCUT2D eigenvalue weighted by molar-refractivity contribution is 6.04. The van der Waals surface area contributed by atoms with Crippen LogP contribution in [0.4, 0.5) is 15.8 Å². The van der Waals surface area contributed by atoms with E-state index in [0.717, 1.165) is 0 Å². The van der Waals surface area contributed by atoms with Crippen LogP contribution in [0.5, 0.6) is 11.5 Å². The van der Waals surface area contributed by atoms with Crippen LogP contribution in [0.2, 0.25) is 0 Å². The van der Waals surface area contributed by atoms with E-state index in [1.54, 1.807) is 61.7 Å². The fraction of sp³-hybridized carbons (Fsp3) is 0.0909. The van der Waals surface area contributed by atoms with Crippen molar-refractivity contribution >= 4 is 23.2 Å². The molecule has 0 aliphatic carbocycles. The topological polar surface area (TPSA) is 76.7 Å². The van der Waals surface area contributed by atoms with Crippen LogP contribution in [0.25, 0.3) is 0 Å². The van der Waals surface area contributed by atoms with E-state index in [1.807, 2.05) is 0 Å². The lowest BCUT2D eigenvalue weighted by atomic mass is 10.2. The van der Waals surface area contributed by atoms with E-state index in [-0.39, 0.29) is 18.4 Å². The van der Waals surface area contributed by atoms with Gasteiger partial charge >= 0.3 is 0 Å². The molecule has 0 fully saturated rings. The van der Waals surface area contributed by atoms with Gasteiger partial charge in [0.15, 0.2) is 6.61 Å². The molecule has 0 aromatic heterocycles. The lowest BCUT2D eigenvalue weighted by Gasteiger charge is -2.09. The molecule has 0 radical (unpaired) electrons. The Bertz CT molecular complexity index is 1010. The molecule has 29 heavy (non-hydrogen) atoms. The molecule has 7 heteroatoms. The van der Waals surface area contributed by atoms with Crippen molar-refractivity contribution in [2.75, 3.05) is 24.4 Å². The number of hydrogen-bond donors (Lipinski definition) is 2. The van der Waals surface area contributed by atoms with Gasteiger partial charge in [-0.05, 0) is 54.6 Å². The number of rotatable bonds is 7. The standard InChI is InChI=1S/C22H19FN2O4/c1-28-20-7-3-6-18(13-20)24-21(26)14-29-19-10-8-15(9-11-19)22(27)25-17-5-2-4-16(23)12-17/h2-13H,14H2,1H3,(H,24,26)(H,25,27). The summed E-state index contributed by atoms with van der Waals surface area (Å²) in [5, 5.41) is 5.32. The van der Waals surface area contributed by atoms with Gasteiger partial charge in [0.25, 0.3) is 11.8 Å². The lowest BCUT2D eigenvalue weighted by molar-refractivity contribution is -0.118. The summed E-state index contributed by atoms with van der Waals surface area (Å²) in [7, 11) is 1.55. The van der Waals surface area contributed by atoms with E-state index >= 15 is 0 Å². The zero-order chi connectivity index (χ0) is 20.6. The van der Waals surface area contributed by atoms with Crippen LogP contribution in [0.15, 0.2) is 72.8 Å². The van der Waals surface area contributed by atoms with Gasteiger partial charge in [0, 0.05) is 23.0 Å². The Labute approximate surface area is 167 Å². The number of ether oxygens (including phenoxy) is 2. The third-order valence-electron chi connectivity index (χ3n) is 3.92. The van der Waals surface area contributed by atoms with Crippen molar-refractivity contribution in [1.82, 2.24) is 0 Å².